The van der Waals surface area contributed by atoms with Crippen LogP contribution < -0.4 is 10.1 Å². The molecule has 22 heavy (non-hydrogen) atoms. The maximum absolute atomic E-state index is 5.22. The van der Waals surface area contributed by atoms with Crippen LogP contribution in [-0.4, -0.2) is 27.3 Å². The highest BCUT2D eigenvalue weighted by atomic mass is 16.5. The molecule has 6 heteroatoms. The second-order valence-electron chi connectivity index (χ2n) is 4.85. The highest BCUT2D eigenvalue weighted by Gasteiger charge is 2.07. The van der Waals surface area contributed by atoms with Gasteiger partial charge in [0.25, 0.3) is 0 Å². The first kappa shape index (κ1) is 14.1. The molecule has 0 bridgehead atoms. The van der Waals surface area contributed by atoms with Crippen molar-refractivity contribution in [2.24, 2.45) is 0 Å². The minimum atomic E-state index is 0.584. The van der Waals surface area contributed by atoms with E-state index in [1.54, 1.807) is 13.3 Å². The predicted molar refractivity (Wildman–Crippen MR) is 84.7 cm³/mol. The van der Waals surface area contributed by atoms with Crippen molar-refractivity contribution in [1.82, 2.24) is 20.2 Å². The number of aromatic nitrogens is 4. The minimum Gasteiger partial charge on any atom is -0.497 e. The molecule has 2 N–H and O–H groups in total. The SMILES string of the molecule is COc1cccc(CNc2nccc(-c3c[nH]nc3C)n2)c1. The van der Waals surface area contributed by atoms with Gasteiger partial charge < -0.3 is 10.1 Å². The average Bonchev–Trinajstić information content (AvgIpc) is 2.99. The first-order chi connectivity index (χ1) is 10.8. The van der Waals surface area contributed by atoms with Crippen molar-refractivity contribution in [2.45, 2.75) is 13.5 Å². The van der Waals surface area contributed by atoms with Crippen LogP contribution in [0.1, 0.15) is 11.3 Å². The molecule has 0 amide bonds. The Labute approximate surface area is 128 Å². The summed E-state index contributed by atoms with van der Waals surface area (Å²) in [5, 5.41) is 10.2. The first-order valence-electron chi connectivity index (χ1n) is 6.97. The van der Waals surface area contributed by atoms with Gasteiger partial charge in [0.1, 0.15) is 5.75 Å². The molecular weight excluding hydrogens is 278 g/mol. The van der Waals surface area contributed by atoms with Gasteiger partial charge in [0.15, 0.2) is 0 Å². The fourth-order valence-electron chi connectivity index (χ4n) is 2.18. The molecule has 6 nitrogen and oxygen atoms in total. The lowest BCUT2D eigenvalue weighted by Crippen LogP contribution is -2.04. The monoisotopic (exact) mass is 295 g/mol. The van der Waals surface area contributed by atoms with Crippen molar-refractivity contribution in [3.05, 3.63) is 54.0 Å². The Bertz CT molecular complexity index is 768. The van der Waals surface area contributed by atoms with E-state index in [4.69, 9.17) is 4.74 Å². The van der Waals surface area contributed by atoms with Crippen LogP contribution in [0.15, 0.2) is 42.7 Å². The zero-order valence-electron chi connectivity index (χ0n) is 12.5. The Balaban J connectivity index is 1.74. The Kier molecular flexibility index (Phi) is 4.00. The van der Waals surface area contributed by atoms with Gasteiger partial charge >= 0.3 is 0 Å². The number of hydrogen-bond acceptors (Lipinski definition) is 5. The van der Waals surface area contributed by atoms with E-state index in [0.29, 0.717) is 12.5 Å². The zero-order valence-corrected chi connectivity index (χ0v) is 12.5. The molecule has 0 atom stereocenters. The van der Waals surface area contributed by atoms with Crippen LogP contribution in [0, 0.1) is 6.92 Å². The average molecular weight is 295 g/mol. The number of aryl methyl sites for hydroxylation is 1. The molecule has 2 aromatic heterocycles. The van der Waals surface area contributed by atoms with Gasteiger partial charge in [-0.1, -0.05) is 12.1 Å². The molecule has 0 fully saturated rings. The van der Waals surface area contributed by atoms with E-state index >= 15 is 0 Å². The quantitative estimate of drug-likeness (QED) is 0.757. The second-order valence-corrected chi connectivity index (χ2v) is 4.85. The number of rotatable bonds is 5. The smallest absolute Gasteiger partial charge is 0.223 e. The summed E-state index contributed by atoms with van der Waals surface area (Å²) in [5.74, 6) is 1.42. The number of methoxy groups -OCH3 is 1. The molecule has 0 saturated carbocycles. The van der Waals surface area contributed by atoms with Gasteiger partial charge in [-0.05, 0) is 30.7 Å². The molecule has 0 aliphatic rings. The normalized spacial score (nSPS) is 10.5. The first-order valence-corrected chi connectivity index (χ1v) is 6.97. The van der Waals surface area contributed by atoms with Crippen molar-refractivity contribution in [3.63, 3.8) is 0 Å². The summed E-state index contributed by atoms with van der Waals surface area (Å²) in [6.07, 6.45) is 3.58. The van der Waals surface area contributed by atoms with Crippen molar-refractivity contribution >= 4 is 5.95 Å². The van der Waals surface area contributed by atoms with E-state index in [1.807, 2.05) is 43.5 Å². The van der Waals surface area contributed by atoms with Crippen LogP contribution in [0.2, 0.25) is 0 Å². The maximum Gasteiger partial charge on any atom is 0.223 e. The fraction of sp³-hybridized carbons (Fsp3) is 0.188. The number of ether oxygens (including phenoxy) is 1. The van der Waals surface area contributed by atoms with E-state index in [2.05, 4.69) is 25.5 Å². The van der Waals surface area contributed by atoms with Crippen LogP contribution in [0.3, 0.4) is 0 Å². The minimum absolute atomic E-state index is 0.584. The summed E-state index contributed by atoms with van der Waals surface area (Å²) in [6, 6.07) is 9.76. The zero-order chi connectivity index (χ0) is 15.4. The molecule has 3 aromatic rings. The summed E-state index contributed by atoms with van der Waals surface area (Å²) in [7, 11) is 1.66. The van der Waals surface area contributed by atoms with Gasteiger partial charge in [0.2, 0.25) is 5.95 Å². The van der Waals surface area contributed by atoms with E-state index in [1.165, 1.54) is 0 Å². The van der Waals surface area contributed by atoms with Crippen molar-refractivity contribution in [2.75, 3.05) is 12.4 Å². The molecular formula is C16H17N5O. The van der Waals surface area contributed by atoms with Gasteiger partial charge in [-0.25, -0.2) is 9.97 Å². The van der Waals surface area contributed by atoms with Crippen LogP contribution in [0.4, 0.5) is 5.95 Å². The predicted octanol–water partition coefficient (Wildman–Crippen LogP) is 2.80. The highest BCUT2D eigenvalue weighted by Crippen LogP contribution is 2.20. The third-order valence-corrected chi connectivity index (χ3v) is 3.35. The number of anilines is 1. The van der Waals surface area contributed by atoms with E-state index in [-0.39, 0.29) is 0 Å². The number of hydrogen-bond donors (Lipinski definition) is 2. The summed E-state index contributed by atoms with van der Waals surface area (Å²) in [5.41, 5.74) is 3.84. The Morgan fingerprint density at radius 1 is 1.27 bits per heavy atom. The van der Waals surface area contributed by atoms with Gasteiger partial charge in [0, 0.05) is 24.5 Å². The molecule has 0 saturated heterocycles. The van der Waals surface area contributed by atoms with Crippen LogP contribution in [0.25, 0.3) is 11.3 Å². The molecule has 112 valence electrons. The number of benzene rings is 1. The van der Waals surface area contributed by atoms with E-state index in [9.17, 15) is 0 Å². The summed E-state index contributed by atoms with van der Waals surface area (Å²) < 4.78 is 5.22. The van der Waals surface area contributed by atoms with Gasteiger partial charge in [0.05, 0.1) is 18.5 Å². The van der Waals surface area contributed by atoms with Crippen LogP contribution in [-0.2, 0) is 6.54 Å². The number of nitrogens with zero attached hydrogens (tertiary/aromatic N) is 3. The third-order valence-electron chi connectivity index (χ3n) is 3.35. The lowest BCUT2D eigenvalue weighted by atomic mass is 10.2. The fourth-order valence-corrected chi connectivity index (χ4v) is 2.18. The summed E-state index contributed by atoms with van der Waals surface area (Å²) in [4.78, 5) is 8.77. The van der Waals surface area contributed by atoms with Crippen molar-refractivity contribution < 1.29 is 4.74 Å². The van der Waals surface area contributed by atoms with E-state index in [0.717, 1.165) is 28.3 Å². The highest BCUT2D eigenvalue weighted by molar-refractivity contribution is 5.61. The third kappa shape index (κ3) is 3.06. The molecule has 0 aliphatic heterocycles. The van der Waals surface area contributed by atoms with Crippen LogP contribution in [0.5, 0.6) is 5.75 Å². The Hall–Kier alpha value is -2.89. The molecule has 0 radical (unpaired) electrons. The molecule has 0 aliphatic carbocycles. The summed E-state index contributed by atoms with van der Waals surface area (Å²) >= 11 is 0. The van der Waals surface area contributed by atoms with Gasteiger partial charge in [-0.15, -0.1) is 0 Å². The summed E-state index contributed by atoms with van der Waals surface area (Å²) in [6.45, 7) is 2.57. The largest absolute Gasteiger partial charge is 0.497 e. The number of aromatic amines is 1. The Morgan fingerprint density at radius 2 is 2.18 bits per heavy atom. The van der Waals surface area contributed by atoms with Crippen molar-refractivity contribution in [1.29, 1.82) is 0 Å². The van der Waals surface area contributed by atoms with E-state index < -0.39 is 0 Å². The standard InChI is InChI=1S/C16H17N5O/c1-11-14(10-19-21-11)15-6-7-17-16(20-15)18-9-12-4-3-5-13(8-12)22-2/h3-8,10H,9H2,1-2H3,(H,19,21)(H,17,18,20). The molecule has 0 unspecified atom stereocenters. The number of H-pyrrole nitrogens is 1. The molecule has 2 heterocycles. The maximum atomic E-state index is 5.22. The van der Waals surface area contributed by atoms with Crippen LogP contribution >= 0.6 is 0 Å². The molecule has 0 spiro atoms. The lowest BCUT2D eigenvalue weighted by molar-refractivity contribution is 0.414. The second kappa shape index (κ2) is 6.26. The lowest BCUT2D eigenvalue weighted by Gasteiger charge is -2.07. The van der Waals surface area contributed by atoms with Gasteiger partial charge in [-0.3, -0.25) is 5.10 Å². The molecule has 3 rings (SSSR count). The van der Waals surface area contributed by atoms with Crippen molar-refractivity contribution in [3.8, 4) is 17.0 Å². The Morgan fingerprint density at radius 3 is 2.95 bits per heavy atom. The topological polar surface area (TPSA) is 75.7 Å². The number of nitrogens with one attached hydrogen (secondary N) is 2. The molecule has 1 aromatic carbocycles. The van der Waals surface area contributed by atoms with Gasteiger partial charge in [-0.2, -0.15) is 5.10 Å².